The Morgan fingerprint density at radius 3 is 2.67 bits per heavy atom. The number of imide groups is 1. The molecule has 0 bridgehead atoms. The largest absolute Gasteiger partial charge is 0.489 e. The van der Waals surface area contributed by atoms with Crippen LogP contribution < -0.4 is 15.4 Å². The van der Waals surface area contributed by atoms with Gasteiger partial charge >= 0.3 is 6.03 Å². The number of pyridine rings is 2. The Labute approximate surface area is 178 Å². The van der Waals surface area contributed by atoms with Crippen LogP contribution >= 0.6 is 11.8 Å². The van der Waals surface area contributed by atoms with E-state index in [0.717, 1.165) is 32.4 Å². The maximum atomic E-state index is 12.1. The molecule has 30 heavy (non-hydrogen) atoms. The van der Waals surface area contributed by atoms with E-state index in [-0.39, 0.29) is 5.91 Å². The molecule has 3 aromatic rings. The van der Waals surface area contributed by atoms with Crippen LogP contribution in [0.25, 0.3) is 0 Å². The van der Waals surface area contributed by atoms with Gasteiger partial charge in [0.15, 0.2) is 0 Å². The van der Waals surface area contributed by atoms with Crippen molar-refractivity contribution < 1.29 is 14.3 Å². The molecule has 1 aliphatic heterocycles. The van der Waals surface area contributed by atoms with Gasteiger partial charge in [0.05, 0.1) is 0 Å². The first-order chi connectivity index (χ1) is 14.5. The predicted octanol–water partition coefficient (Wildman–Crippen LogP) is 3.70. The second-order valence-electron chi connectivity index (χ2n) is 6.93. The summed E-state index contributed by atoms with van der Waals surface area (Å²) in [7, 11) is 0. The summed E-state index contributed by atoms with van der Waals surface area (Å²) in [5.41, 5.74) is 3.74. The summed E-state index contributed by atoms with van der Waals surface area (Å²) in [5.74, 6) is 0.408. The molecule has 1 aliphatic rings. The first-order valence-corrected chi connectivity index (χ1v) is 10.2. The highest BCUT2D eigenvalue weighted by Gasteiger charge is 2.32. The van der Waals surface area contributed by atoms with Crippen molar-refractivity contribution in [2.24, 2.45) is 0 Å². The van der Waals surface area contributed by atoms with E-state index in [0.29, 0.717) is 12.2 Å². The van der Waals surface area contributed by atoms with Crippen LogP contribution in [0.4, 0.5) is 4.79 Å². The standard InChI is InChI=1S/C22H20N4O3S/c1-13-9-16(29-12-15-5-8-24-14(2)10-15)3-4-18(13)30-19-6-7-23-11-17(19)20-21(27)26-22(28)25-20/h3-11,20H,12H2,1-2H3,(H2,25,26,27,28). The average Bonchev–Trinajstić information content (AvgIpc) is 3.06. The number of urea groups is 1. The van der Waals surface area contributed by atoms with Crippen LogP contribution in [0.5, 0.6) is 5.75 Å². The van der Waals surface area contributed by atoms with E-state index in [9.17, 15) is 9.59 Å². The lowest BCUT2D eigenvalue weighted by molar-refractivity contribution is -0.120. The number of carbonyl (C=O) groups is 2. The number of amides is 3. The number of aromatic nitrogens is 2. The smallest absolute Gasteiger partial charge is 0.322 e. The first-order valence-electron chi connectivity index (χ1n) is 9.38. The van der Waals surface area contributed by atoms with Gasteiger partial charge in [-0.1, -0.05) is 11.8 Å². The lowest BCUT2D eigenvalue weighted by atomic mass is 10.1. The number of nitrogens with one attached hydrogen (secondary N) is 2. The zero-order valence-corrected chi connectivity index (χ0v) is 17.3. The van der Waals surface area contributed by atoms with Gasteiger partial charge in [-0.15, -0.1) is 0 Å². The molecule has 1 unspecified atom stereocenters. The van der Waals surface area contributed by atoms with Crippen molar-refractivity contribution >= 4 is 23.7 Å². The number of ether oxygens (including phenoxy) is 1. The second kappa shape index (κ2) is 8.54. The number of rotatable bonds is 6. The van der Waals surface area contributed by atoms with Gasteiger partial charge in [0, 0.05) is 39.6 Å². The molecule has 2 aromatic heterocycles. The molecule has 0 spiro atoms. The first kappa shape index (κ1) is 19.9. The fourth-order valence-corrected chi connectivity index (χ4v) is 4.16. The summed E-state index contributed by atoms with van der Waals surface area (Å²) in [6, 6.07) is 10.5. The molecule has 2 N–H and O–H groups in total. The molecule has 1 saturated heterocycles. The molecule has 1 aromatic carbocycles. The summed E-state index contributed by atoms with van der Waals surface area (Å²) in [6.07, 6.45) is 5.06. The third-order valence-corrected chi connectivity index (χ3v) is 5.90. The lowest BCUT2D eigenvalue weighted by Crippen LogP contribution is -2.22. The highest BCUT2D eigenvalue weighted by atomic mass is 32.2. The Kier molecular flexibility index (Phi) is 5.67. The Balaban J connectivity index is 1.49. The van der Waals surface area contributed by atoms with Crippen LogP contribution in [-0.2, 0) is 11.4 Å². The number of hydrogen-bond acceptors (Lipinski definition) is 6. The Bertz CT molecular complexity index is 1120. The number of aryl methyl sites for hydroxylation is 2. The SMILES string of the molecule is Cc1cc(COc2ccc(Sc3ccncc3C3NC(=O)NC3=O)c(C)c2)ccn1. The van der Waals surface area contributed by atoms with Gasteiger partial charge in [-0.05, 0) is 61.4 Å². The number of carbonyl (C=O) groups excluding carboxylic acids is 2. The van der Waals surface area contributed by atoms with Crippen LogP contribution in [0.2, 0.25) is 0 Å². The van der Waals surface area contributed by atoms with Gasteiger partial charge in [0.25, 0.3) is 5.91 Å². The fraction of sp³-hybridized carbons (Fsp3) is 0.182. The highest BCUT2D eigenvalue weighted by molar-refractivity contribution is 7.99. The summed E-state index contributed by atoms with van der Waals surface area (Å²) in [5, 5.41) is 4.89. The van der Waals surface area contributed by atoms with Gasteiger partial charge < -0.3 is 10.1 Å². The van der Waals surface area contributed by atoms with Gasteiger partial charge in [0.1, 0.15) is 18.4 Å². The minimum atomic E-state index is -0.736. The van der Waals surface area contributed by atoms with Crippen LogP contribution in [-0.4, -0.2) is 21.9 Å². The summed E-state index contributed by atoms with van der Waals surface area (Å²) >= 11 is 1.52. The molecule has 1 fully saturated rings. The molecule has 1 atom stereocenters. The van der Waals surface area contributed by atoms with Crippen molar-refractivity contribution in [3.05, 3.63) is 77.4 Å². The lowest BCUT2D eigenvalue weighted by Gasteiger charge is -2.14. The molecule has 0 radical (unpaired) electrons. The average molecular weight is 420 g/mol. The molecule has 152 valence electrons. The maximum Gasteiger partial charge on any atom is 0.322 e. The topological polar surface area (TPSA) is 93.2 Å². The fourth-order valence-electron chi connectivity index (χ4n) is 3.14. The molecule has 4 rings (SSSR count). The highest BCUT2D eigenvalue weighted by Crippen LogP contribution is 2.36. The molecule has 0 aliphatic carbocycles. The molecular weight excluding hydrogens is 400 g/mol. The molecule has 0 saturated carbocycles. The number of nitrogens with zero attached hydrogens (tertiary/aromatic N) is 2. The maximum absolute atomic E-state index is 12.1. The predicted molar refractivity (Wildman–Crippen MR) is 112 cm³/mol. The molecular formula is C22H20N4O3S. The van der Waals surface area contributed by atoms with E-state index < -0.39 is 12.1 Å². The zero-order valence-electron chi connectivity index (χ0n) is 16.5. The normalized spacial score (nSPS) is 15.6. The Morgan fingerprint density at radius 1 is 1.07 bits per heavy atom. The molecule has 7 nitrogen and oxygen atoms in total. The van der Waals surface area contributed by atoms with Crippen molar-refractivity contribution in [3.8, 4) is 5.75 Å². The van der Waals surface area contributed by atoms with Crippen molar-refractivity contribution in [3.63, 3.8) is 0 Å². The Hall–Kier alpha value is -3.39. The van der Waals surface area contributed by atoms with E-state index in [1.54, 1.807) is 18.6 Å². The van der Waals surface area contributed by atoms with Crippen molar-refractivity contribution in [1.82, 2.24) is 20.6 Å². The Morgan fingerprint density at radius 2 is 1.93 bits per heavy atom. The van der Waals surface area contributed by atoms with Gasteiger partial charge in [0.2, 0.25) is 0 Å². The summed E-state index contributed by atoms with van der Waals surface area (Å²) in [6.45, 7) is 4.44. The van der Waals surface area contributed by atoms with Crippen LogP contribution in [0, 0.1) is 13.8 Å². The third kappa shape index (κ3) is 4.44. The van der Waals surface area contributed by atoms with E-state index >= 15 is 0 Å². The van der Waals surface area contributed by atoms with Gasteiger partial charge in [-0.3, -0.25) is 20.1 Å². The summed E-state index contributed by atoms with van der Waals surface area (Å²) < 4.78 is 5.92. The van der Waals surface area contributed by atoms with E-state index in [1.165, 1.54) is 11.8 Å². The van der Waals surface area contributed by atoms with Crippen LogP contribution in [0.3, 0.4) is 0 Å². The van der Waals surface area contributed by atoms with Crippen LogP contribution in [0.1, 0.15) is 28.4 Å². The number of hydrogen-bond donors (Lipinski definition) is 2. The van der Waals surface area contributed by atoms with Gasteiger partial charge in [-0.25, -0.2) is 4.79 Å². The minimum absolute atomic E-state index is 0.373. The minimum Gasteiger partial charge on any atom is -0.489 e. The molecule has 3 heterocycles. The van der Waals surface area contributed by atoms with Crippen molar-refractivity contribution in [2.75, 3.05) is 0 Å². The van der Waals surface area contributed by atoms with Gasteiger partial charge in [-0.2, -0.15) is 0 Å². The van der Waals surface area contributed by atoms with Crippen LogP contribution in [0.15, 0.2) is 64.8 Å². The third-order valence-electron chi connectivity index (χ3n) is 4.63. The summed E-state index contributed by atoms with van der Waals surface area (Å²) in [4.78, 5) is 33.7. The van der Waals surface area contributed by atoms with Crippen molar-refractivity contribution in [2.45, 2.75) is 36.3 Å². The van der Waals surface area contributed by atoms with E-state index in [4.69, 9.17) is 4.74 Å². The number of benzene rings is 1. The molecule has 3 amide bonds. The van der Waals surface area contributed by atoms with E-state index in [1.807, 2.05) is 50.2 Å². The quantitative estimate of drug-likeness (QED) is 0.591. The van der Waals surface area contributed by atoms with E-state index in [2.05, 4.69) is 20.6 Å². The monoisotopic (exact) mass is 420 g/mol. The zero-order chi connectivity index (χ0) is 21.1. The molecule has 8 heteroatoms. The second-order valence-corrected chi connectivity index (χ2v) is 8.02. The van der Waals surface area contributed by atoms with Crippen molar-refractivity contribution in [1.29, 1.82) is 0 Å².